The minimum atomic E-state index is -3.56. The molecule has 31 heavy (non-hydrogen) atoms. The summed E-state index contributed by atoms with van der Waals surface area (Å²) in [6.07, 6.45) is 0.567. The van der Waals surface area contributed by atoms with Crippen molar-refractivity contribution >= 4 is 33.2 Å². The number of carbonyl (C=O) groups is 2. The number of hydrogen-bond acceptors (Lipinski definition) is 4. The van der Waals surface area contributed by atoms with Gasteiger partial charge in [0.1, 0.15) is 6.54 Å². The number of hydrogen-bond donors (Lipinski definition) is 0. The SMILES string of the molecule is C=C1c2ccccc2C(=O)N1CC(=O)N1CCc2cc(S(=O)(=O)N(CC)CC)ccc21. The predicted octanol–water partition coefficient (Wildman–Crippen LogP) is 2.73. The summed E-state index contributed by atoms with van der Waals surface area (Å²) in [5, 5.41) is 0. The molecule has 2 aliphatic rings. The molecular weight excluding hydrogens is 414 g/mol. The zero-order valence-electron chi connectivity index (χ0n) is 17.7. The number of anilines is 1. The van der Waals surface area contributed by atoms with Gasteiger partial charge in [0.05, 0.1) is 4.90 Å². The predicted molar refractivity (Wildman–Crippen MR) is 119 cm³/mol. The number of sulfonamides is 1. The molecule has 0 saturated heterocycles. The Bertz CT molecular complexity index is 1150. The molecule has 2 amide bonds. The third kappa shape index (κ3) is 3.45. The standard InChI is InChI=1S/C23H25N3O4S/c1-4-24(5-2)31(29,30)18-10-11-21-17(14-18)12-13-25(21)22(27)15-26-16(3)19-8-6-7-9-20(19)23(26)28/h6-11,14H,3-5,12-13,15H2,1-2H3. The molecule has 0 fully saturated rings. The molecule has 0 atom stereocenters. The maximum absolute atomic E-state index is 13.1. The second-order valence-corrected chi connectivity index (χ2v) is 9.50. The van der Waals surface area contributed by atoms with Crippen LogP contribution in [0.5, 0.6) is 0 Å². The van der Waals surface area contributed by atoms with Gasteiger partial charge in [0.2, 0.25) is 15.9 Å². The topological polar surface area (TPSA) is 78.0 Å². The number of carbonyl (C=O) groups excluding carboxylic acids is 2. The fourth-order valence-corrected chi connectivity index (χ4v) is 5.74. The lowest BCUT2D eigenvalue weighted by atomic mass is 10.1. The third-order valence-electron chi connectivity index (χ3n) is 5.92. The van der Waals surface area contributed by atoms with E-state index in [2.05, 4.69) is 6.58 Å². The number of fused-ring (bicyclic) bond motifs is 2. The second-order valence-electron chi connectivity index (χ2n) is 7.56. The van der Waals surface area contributed by atoms with Gasteiger partial charge in [-0.15, -0.1) is 0 Å². The van der Waals surface area contributed by atoms with Crippen LogP contribution in [0.15, 0.2) is 53.9 Å². The Morgan fingerprint density at radius 2 is 1.77 bits per heavy atom. The normalized spacial score (nSPS) is 15.6. The smallest absolute Gasteiger partial charge is 0.259 e. The van der Waals surface area contributed by atoms with Gasteiger partial charge in [-0.3, -0.25) is 14.5 Å². The molecule has 4 rings (SSSR count). The molecule has 0 bridgehead atoms. The van der Waals surface area contributed by atoms with Crippen LogP contribution in [0.4, 0.5) is 5.69 Å². The zero-order chi connectivity index (χ0) is 22.3. The first-order chi connectivity index (χ1) is 14.8. The van der Waals surface area contributed by atoms with E-state index in [1.54, 1.807) is 49.1 Å². The molecule has 0 unspecified atom stereocenters. The molecule has 0 spiro atoms. The van der Waals surface area contributed by atoms with Crippen molar-refractivity contribution in [2.75, 3.05) is 31.1 Å². The molecule has 162 valence electrons. The monoisotopic (exact) mass is 439 g/mol. The van der Waals surface area contributed by atoms with Gasteiger partial charge in [0, 0.05) is 42.1 Å². The Morgan fingerprint density at radius 3 is 2.42 bits per heavy atom. The Labute approximate surface area is 182 Å². The van der Waals surface area contributed by atoms with Crippen LogP contribution >= 0.6 is 0 Å². The van der Waals surface area contributed by atoms with Crippen molar-refractivity contribution in [3.8, 4) is 0 Å². The van der Waals surface area contributed by atoms with Gasteiger partial charge < -0.3 is 4.90 Å². The van der Waals surface area contributed by atoms with Crippen LogP contribution in [0.1, 0.15) is 35.3 Å². The van der Waals surface area contributed by atoms with E-state index < -0.39 is 10.0 Å². The van der Waals surface area contributed by atoms with Crippen molar-refractivity contribution in [1.82, 2.24) is 9.21 Å². The van der Waals surface area contributed by atoms with Crippen molar-refractivity contribution in [3.63, 3.8) is 0 Å². The van der Waals surface area contributed by atoms with E-state index in [4.69, 9.17) is 0 Å². The Balaban J connectivity index is 1.55. The molecule has 2 heterocycles. The number of benzene rings is 2. The third-order valence-corrected chi connectivity index (χ3v) is 7.97. The summed E-state index contributed by atoms with van der Waals surface area (Å²) >= 11 is 0. The minimum absolute atomic E-state index is 0.106. The van der Waals surface area contributed by atoms with E-state index in [1.807, 2.05) is 12.1 Å². The summed E-state index contributed by atoms with van der Waals surface area (Å²) in [4.78, 5) is 29.0. The maximum Gasteiger partial charge on any atom is 0.259 e. The van der Waals surface area contributed by atoms with Crippen LogP contribution in [0.2, 0.25) is 0 Å². The summed E-state index contributed by atoms with van der Waals surface area (Å²) < 4.78 is 27.0. The first-order valence-corrected chi connectivity index (χ1v) is 11.8. The first kappa shape index (κ1) is 21.3. The summed E-state index contributed by atoms with van der Waals surface area (Å²) in [5.41, 5.74) is 3.32. The average molecular weight is 440 g/mol. The zero-order valence-corrected chi connectivity index (χ0v) is 18.5. The van der Waals surface area contributed by atoms with Gasteiger partial charge in [0.25, 0.3) is 5.91 Å². The molecule has 2 aromatic rings. The highest BCUT2D eigenvalue weighted by Gasteiger charge is 2.35. The van der Waals surface area contributed by atoms with Crippen LogP contribution in [-0.2, 0) is 21.2 Å². The van der Waals surface area contributed by atoms with E-state index >= 15 is 0 Å². The van der Waals surface area contributed by atoms with E-state index in [0.717, 1.165) is 11.1 Å². The number of amides is 2. The quantitative estimate of drug-likeness (QED) is 0.693. The largest absolute Gasteiger partial charge is 0.310 e. The lowest BCUT2D eigenvalue weighted by Gasteiger charge is -2.23. The van der Waals surface area contributed by atoms with Crippen molar-refractivity contribution in [3.05, 3.63) is 65.7 Å². The fraction of sp³-hybridized carbons (Fsp3) is 0.304. The summed E-state index contributed by atoms with van der Waals surface area (Å²) in [6.45, 7) is 8.74. The van der Waals surface area contributed by atoms with Gasteiger partial charge in [-0.25, -0.2) is 8.42 Å². The summed E-state index contributed by atoms with van der Waals surface area (Å²) in [5.74, 6) is -0.450. The number of rotatable bonds is 6. The summed E-state index contributed by atoms with van der Waals surface area (Å²) in [7, 11) is -3.56. The van der Waals surface area contributed by atoms with Crippen LogP contribution in [0.3, 0.4) is 0 Å². The number of nitrogens with zero attached hydrogens (tertiary/aromatic N) is 3. The van der Waals surface area contributed by atoms with Gasteiger partial charge in [-0.2, -0.15) is 4.31 Å². The van der Waals surface area contributed by atoms with Crippen LogP contribution in [0, 0.1) is 0 Å². The van der Waals surface area contributed by atoms with E-state index in [1.165, 1.54) is 9.21 Å². The molecule has 0 aromatic heterocycles. The van der Waals surface area contributed by atoms with Gasteiger partial charge in [0.15, 0.2) is 0 Å². The molecule has 7 nitrogen and oxygen atoms in total. The molecule has 0 N–H and O–H groups in total. The van der Waals surface area contributed by atoms with Gasteiger partial charge >= 0.3 is 0 Å². The molecule has 0 saturated carbocycles. The second kappa shape index (κ2) is 7.94. The molecular formula is C23H25N3O4S. The molecule has 0 radical (unpaired) electrons. The van der Waals surface area contributed by atoms with Crippen molar-refractivity contribution < 1.29 is 18.0 Å². The molecule has 8 heteroatoms. The average Bonchev–Trinajstić information content (AvgIpc) is 3.29. The van der Waals surface area contributed by atoms with Crippen LogP contribution < -0.4 is 4.90 Å². The van der Waals surface area contributed by atoms with Gasteiger partial charge in [-0.05, 0) is 36.2 Å². The van der Waals surface area contributed by atoms with Crippen LogP contribution in [0.25, 0.3) is 5.70 Å². The highest BCUT2D eigenvalue weighted by atomic mass is 32.2. The minimum Gasteiger partial charge on any atom is -0.310 e. The van der Waals surface area contributed by atoms with Crippen LogP contribution in [-0.4, -0.2) is 55.6 Å². The van der Waals surface area contributed by atoms with E-state index in [-0.39, 0.29) is 23.3 Å². The molecule has 2 aliphatic heterocycles. The van der Waals surface area contributed by atoms with E-state index in [9.17, 15) is 18.0 Å². The van der Waals surface area contributed by atoms with Crippen molar-refractivity contribution in [1.29, 1.82) is 0 Å². The van der Waals surface area contributed by atoms with Gasteiger partial charge in [-0.1, -0.05) is 38.6 Å². The highest BCUT2D eigenvalue weighted by Crippen LogP contribution is 2.34. The Hall–Kier alpha value is -2.97. The molecule has 0 aliphatic carbocycles. The van der Waals surface area contributed by atoms with Crippen molar-refractivity contribution in [2.45, 2.75) is 25.2 Å². The lowest BCUT2D eigenvalue weighted by molar-refractivity contribution is -0.118. The maximum atomic E-state index is 13.1. The van der Waals surface area contributed by atoms with E-state index in [0.29, 0.717) is 43.0 Å². The lowest BCUT2D eigenvalue weighted by Crippen LogP contribution is -2.39. The highest BCUT2D eigenvalue weighted by molar-refractivity contribution is 7.89. The fourth-order valence-electron chi connectivity index (χ4n) is 4.23. The molecule has 2 aromatic carbocycles. The first-order valence-electron chi connectivity index (χ1n) is 10.3. The van der Waals surface area contributed by atoms with Crippen molar-refractivity contribution in [2.24, 2.45) is 0 Å². The Morgan fingerprint density at radius 1 is 1.10 bits per heavy atom. The summed E-state index contributed by atoms with van der Waals surface area (Å²) in [6, 6.07) is 12.1. The Kier molecular flexibility index (Phi) is 5.45.